The molecule has 0 saturated heterocycles. The predicted molar refractivity (Wildman–Crippen MR) is 137 cm³/mol. The molecule has 0 spiro atoms. The van der Waals surface area contributed by atoms with Crippen molar-refractivity contribution in [3.8, 4) is 5.75 Å². The van der Waals surface area contributed by atoms with Gasteiger partial charge in [0, 0.05) is 10.1 Å². The SMILES string of the molecule is Cc1ccc(C(=O)Oc2ccc(/C=N\NC(=O)CNC(=O)c3sc4ccccc4c3Cl)cc2)cc1. The molecule has 0 unspecified atom stereocenters. The molecule has 9 heteroatoms. The van der Waals surface area contributed by atoms with Crippen molar-refractivity contribution < 1.29 is 19.1 Å². The predicted octanol–water partition coefficient (Wildman–Crippen LogP) is 4.96. The number of hydrogen-bond donors (Lipinski definition) is 2. The first kappa shape index (κ1) is 24.1. The molecular formula is C26H20ClN3O4S. The van der Waals surface area contributed by atoms with Crippen molar-refractivity contribution in [2.45, 2.75) is 6.92 Å². The van der Waals surface area contributed by atoms with E-state index in [1.54, 1.807) is 36.4 Å². The first-order valence-electron chi connectivity index (χ1n) is 10.6. The van der Waals surface area contributed by atoms with Gasteiger partial charge < -0.3 is 10.1 Å². The van der Waals surface area contributed by atoms with Gasteiger partial charge in [-0.15, -0.1) is 11.3 Å². The Balaban J connectivity index is 1.25. The molecule has 7 nitrogen and oxygen atoms in total. The zero-order valence-electron chi connectivity index (χ0n) is 18.6. The third-order valence-electron chi connectivity index (χ3n) is 4.93. The fourth-order valence-electron chi connectivity index (χ4n) is 3.10. The van der Waals surface area contributed by atoms with Gasteiger partial charge in [0.15, 0.2) is 0 Å². The van der Waals surface area contributed by atoms with Crippen LogP contribution in [0.3, 0.4) is 0 Å². The van der Waals surface area contributed by atoms with Crippen LogP contribution in [0.5, 0.6) is 5.75 Å². The van der Waals surface area contributed by atoms with Gasteiger partial charge in [0.2, 0.25) is 0 Å². The zero-order chi connectivity index (χ0) is 24.8. The van der Waals surface area contributed by atoms with Gasteiger partial charge in [0.1, 0.15) is 10.6 Å². The molecule has 0 atom stereocenters. The number of carbonyl (C=O) groups excluding carboxylic acids is 3. The summed E-state index contributed by atoms with van der Waals surface area (Å²) < 4.78 is 6.25. The Morgan fingerprint density at radius 2 is 1.71 bits per heavy atom. The van der Waals surface area contributed by atoms with Crippen molar-refractivity contribution in [1.82, 2.24) is 10.7 Å². The normalized spacial score (nSPS) is 10.9. The van der Waals surface area contributed by atoms with Crippen LogP contribution in [0.1, 0.15) is 31.2 Å². The number of benzene rings is 3. The van der Waals surface area contributed by atoms with Crippen molar-refractivity contribution in [2.75, 3.05) is 6.54 Å². The van der Waals surface area contributed by atoms with Gasteiger partial charge in [0.05, 0.1) is 23.3 Å². The van der Waals surface area contributed by atoms with Crippen LogP contribution in [0.4, 0.5) is 0 Å². The summed E-state index contributed by atoms with van der Waals surface area (Å²) in [6, 6.07) is 21.2. The van der Waals surface area contributed by atoms with Crippen LogP contribution in [0.15, 0.2) is 77.9 Å². The molecular weight excluding hydrogens is 486 g/mol. The summed E-state index contributed by atoms with van der Waals surface area (Å²) in [7, 11) is 0. The second-order valence-electron chi connectivity index (χ2n) is 7.54. The van der Waals surface area contributed by atoms with Crippen LogP contribution >= 0.6 is 22.9 Å². The molecule has 4 aromatic rings. The van der Waals surface area contributed by atoms with E-state index in [4.69, 9.17) is 16.3 Å². The van der Waals surface area contributed by atoms with Crippen LogP contribution in [0, 0.1) is 6.92 Å². The summed E-state index contributed by atoms with van der Waals surface area (Å²) in [6.45, 7) is 1.69. The van der Waals surface area contributed by atoms with Crippen molar-refractivity contribution in [3.05, 3.63) is 99.4 Å². The van der Waals surface area contributed by atoms with E-state index >= 15 is 0 Å². The number of carbonyl (C=O) groups is 3. The monoisotopic (exact) mass is 505 g/mol. The number of halogens is 1. The molecule has 1 aromatic heterocycles. The largest absolute Gasteiger partial charge is 0.423 e. The number of aryl methyl sites for hydroxylation is 1. The van der Waals surface area contributed by atoms with E-state index in [1.807, 2.05) is 43.3 Å². The molecule has 2 N–H and O–H groups in total. The summed E-state index contributed by atoms with van der Waals surface area (Å²) in [5.41, 5.74) is 4.55. The zero-order valence-corrected chi connectivity index (χ0v) is 20.2. The van der Waals surface area contributed by atoms with Crippen LogP contribution in [-0.2, 0) is 4.79 Å². The molecule has 2 amide bonds. The van der Waals surface area contributed by atoms with E-state index in [9.17, 15) is 14.4 Å². The van der Waals surface area contributed by atoms with Gasteiger partial charge in [-0.3, -0.25) is 9.59 Å². The van der Waals surface area contributed by atoms with Gasteiger partial charge in [-0.05, 0) is 55.0 Å². The molecule has 0 radical (unpaired) electrons. The van der Waals surface area contributed by atoms with E-state index in [2.05, 4.69) is 15.8 Å². The Labute approximate surface area is 210 Å². The molecule has 4 rings (SSSR count). The Hall–Kier alpha value is -4.01. The molecule has 0 bridgehead atoms. The lowest BCUT2D eigenvalue weighted by Gasteiger charge is -2.05. The maximum Gasteiger partial charge on any atom is 0.343 e. The minimum atomic E-state index is -0.490. The fourth-order valence-corrected chi connectivity index (χ4v) is 4.53. The van der Waals surface area contributed by atoms with Gasteiger partial charge in [-0.1, -0.05) is 47.5 Å². The number of hydrazone groups is 1. The Morgan fingerprint density at radius 3 is 2.43 bits per heavy atom. The average Bonchev–Trinajstić information content (AvgIpc) is 3.20. The molecule has 0 aliphatic heterocycles. The summed E-state index contributed by atoms with van der Waals surface area (Å²) in [6.07, 6.45) is 1.44. The van der Waals surface area contributed by atoms with Crippen LogP contribution in [0.25, 0.3) is 10.1 Å². The highest BCUT2D eigenvalue weighted by molar-refractivity contribution is 7.21. The lowest BCUT2D eigenvalue weighted by Crippen LogP contribution is -2.34. The number of fused-ring (bicyclic) bond motifs is 1. The maximum absolute atomic E-state index is 12.4. The number of ether oxygens (including phenoxy) is 1. The molecule has 1 heterocycles. The summed E-state index contributed by atoms with van der Waals surface area (Å²) >= 11 is 7.56. The lowest BCUT2D eigenvalue weighted by molar-refractivity contribution is -0.120. The number of nitrogens with one attached hydrogen (secondary N) is 2. The molecule has 35 heavy (non-hydrogen) atoms. The van der Waals surface area contributed by atoms with E-state index in [1.165, 1.54) is 17.6 Å². The van der Waals surface area contributed by atoms with Crippen LogP contribution in [-0.4, -0.2) is 30.5 Å². The smallest absolute Gasteiger partial charge is 0.343 e. The number of thiophene rings is 1. The summed E-state index contributed by atoms with van der Waals surface area (Å²) in [5.74, 6) is -0.974. The van der Waals surface area contributed by atoms with Gasteiger partial charge in [-0.2, -0.15) is 5.10 Å². The van der Waals surface area contributed by atoms with Crippen molar-refractivity contribution in [2.24, 2.45) is 5.10 Å². The standard InChI is InChI=1S/C26H20ClN3O4S/c1-16-6-10-18(11-7-16)26(33)34-19-12-8-17(9-13-19)14-29-30-22(31)15-28-25(32)24-23(27)20-4-2-3-5-21(20)35-24/h2-14H,15H2,1H3,(H,28,32)(H,30,31)/b29-14-. The third-order valence-corrected chi connectivity index (χ3v) is 6.61. The average molecular weight is 506 g/mol. The minimum absolute atomic E-state index is 0.255. The summed E-state index contributed by atoms with van der Waals surface area (Å²) in [4.78, 5) is 37.0. The second kappa shape index (κ2) is 10.9. The van der Waals surface area contributed by atoms with Crippen LogP contribution < -0.4 is 15.5 Å². The van der Waals surface area contributed by atoms with Gasteiger partial charge in [-0.25, -0.2) is 10.2 Å². The Morgan fingerprint density at radius 1 is 1.00 bits per heavy atom. The molecule has 0 aliphatic rings. The van der Waals surface area contributed by atoms with E-state index in [0.717, 1.165) is 15.6 Å². The second-order valence-corrected chi connectivity index (χ2v) is 8.97. The number of hydrogen-bond acceptors (Lipinski definition) is 6. The molecule has 0 fully saturated rings. The van der Waals surface area contributed by atoms with Crippen LogP contribution in [0.2, 0.25) is 5.02 Å². The van der Waals surface area contributed by atoms with Gasteiger partial charge >= 0.3 is 5.97 Å². The highest BCUT2D eigenvalue weighted by Gasteiger charge is 2.17. The van der Waals surface area contributed by atoms with Crippen molar-refractivity contribution in [1.29, 1.82) is 0 Å². The summed E-state index contributed by atoms with van der Waals surface area (Å²) in [5, 5.41) is 7.60. The molecule has 0 saturated carbocycles. The van der Waals surface area contributed by atoms with E-state index < -0.39 is 17.8 Å². The van der Waals surface area contributed by atoms with Crippen molar-refractivity contribution >= 4 is 57.0 Å². The number of nitrogens with zero attached hydrogens (tertiary/aromatic N) is 1. The van der Waals surface area contributed by atoms with E-state index in [-0.39, 0.29) is 6.54 Å². The number of esters is 1. The first-order valence-corrected chi connectivity index (χ1v) is 11.8. The lowest BCUT2D eigenvalue weighted by atomic mass is 10.1. The Kier molecular flexibility index (Phi) is 7.54. The number of amides is 2. The quantitative estimate of drug-likeness (QED) is 0.160. The van der Waals surface area contributed by atoms with E-state index in [0.29, 0.717) is 26.8 Å². The molecule has 176 valence electrons. The minimum Gasteiger partial charge on any atom is -0.423 e. The topological polar surface area (TPSA) is 96.9 Å². The number of rotatable bonds is 7. The first-order chi connectivity index (χ1) is 16.9. The third kappa shape index (κ3) is 6.11. The molecule has 0 aliphatic carbocycles. The molecule has 3 aromatic carbocycles. The van der Waals surface area contributed by atoms with Gasteiger partial charge in [0.25, 0.3) is 11.8 Å². The highest BCUT2D eigenvalue weighted by atomic mass is 35.5. The maximum atomic E-state index is 12.4. The van der Waals surface area contributed by atoms with Crippen molar-refractivity contribution in [3.63, 3.8) is 0 Å². The Bertz CT molecular complexity index is 1410. The highest BCUT2D eigenvalue weighted by Crippen LogP contribution is 2.34. The fraction of sp³-hybridized carbons (Fsp3) is 0.0769.